The number of aromatic nitrogens is 1. The maximum atomic E-state index is 11.8. The number of hydrogen-bond acceptors (Lipinski definition) is 2. The maximum Gasteiger partial charge on any atom is 0.273 e. The second kappa shape index (κ2) is 5.05. The molecule has 0 spiro atoms. The lowest BCUT2D eigenvalue weighted by atomic mass is 10.2. The molecule has 20 heavy (non-hydrogen) atoms. The number of aryl methyl sites for hydroxylation is 1. The number of hydrogen-bond donors (Lipinski definition) is 3. The number of nitrogens with zero attached hydrogens (tertiary/aromatic N) is 1. The van der Waals surface area contributed by atoms with E-state index in [1.54, 1.807) is 6.08 Å². The molecule has 1 aromatic carbocycles. The summed E-state index contributed by atoms with van der Waals surface area (Å²) in [5.41, 5.74) is 8.70. The summed E-state index contributed by atoms with van der Waals surface area (Å²) < 4.78 is 0. The van der Waals surface area contributed by atoms with Crippen LogP contribution in [0.15, 0.2) is 53.2 Å². The van der Waals surface area contributed by atoms with E-state index in [0.29, 0.717) is 11.4 Å². The average Bonchev–Trinajstić information content (AvgIpc) is 3.06. The predicted molar refractivity (Wildman–Crippen MR) is 78.3 cm³/mol. The van der Waals surface area contributed by atoms with Crippen LogP contribution in [0.1, 0.15) is 11.3 Å². The van der Waals surface area contributed by atoms with E-state index in [0.717, 1.165) is 11.4 Å². The van der Waals surface area contributed by atoms with Gasteiger partial charge in [0, 0.05) is 11.9 Å². The van der Waals surface area contributed by atoms with Crippen molar-refractivity contribution in [2.75, 3.05) is 0 Å². The predicted octanol–water partition coefficient (Wildman–Crippen LogP) is 2.07. The van der Waals surface area contributed by atoms with Gasteiger partial charge in [-0.15, -0.1) is 0 Å². The summed E-state index contributed by atoms with van der Waals surface area (Å²) in [6, 6.07) is 11.6. The molecule has 3 N–H and O–H groups in total. The van der Waals surface area contributed by atoms with Crippen LogP contribution in [0.5, 0.6) is 0 Å². The molecule has 100 valence electrons. The Morgan fingerprint density at radius 2 is 1.90 bits per heavy atom. The van der Waals surface area contributed by atoms with Gasteiger partial charge in [-0.1, -0.05) is 17.7 Å². The minimum absolute atomic E-state index is 0.189. The summed E-state index contributed by atoms with van der Waals surface area (Å²) in [5, 5.41) is 0. The molecule has 2 heterocycles. The number of rotatable bonds is 2. The number of nitrogens with one attached hydrogen (secondary N) is 3. The van der Waals surface area contributed by atoms with Gasteiger partial charge in [-0.05, 0) is 37.3 Å². The van der Waals surface area contributed by atoms with Crippen molar-refractivity contribution in [3.63, 3.8) is 0 Å². The number of carbonyl (C=O) groups is 1. The fourth-order valence-electron chi connectivity index (χ4n) is 1.92. The van der Waals surface area contributed by atoms with Gasteiger partial charge in [-0.2, -0.15) is 0 Å². The molecule has 0 unspecified atom stereocenters. The minimum Gasteiger partial charge on any atom is -0.362 e. The lowest BCUT2D eigenvalue weighted by Crippen LogP contribution is -2.28. The first kappa shape index (κ1) is 12.2. The Morgan fingerprint density at radius 1 is 1.10 bits per heavy atom. The summed E-state index contributed by atoms with van der Waals surface area (Å²) in [5.74, 6) is 0.332. The summed E-state index contributed by atoms with van der Waals surface area (Å²) in [7, 11) is 0. The van der Waals surface area contributed by atoms with Crippen molar-refractivity contribution < 1.29 is 4.79 Å². The Labute approximate surface area is 116 Å². The van der Waals surface area contributed by atoms with Crippen LogP contribution in [0, 0.1) is 6.92 Å². The third-order valence-corrected chi connectivity index (χ3v) is 2.99. The fourth-order valence-corrected chi connectivity index (χ4v) is 1.92. The smallest absolute Gasteiger partial charge is 0.273 e. The third-order valence-electron chi connectivity index (χ3n) is 2.99. The SMILES string of the molecule is Cc1ccc(N=C2NNC(=O)/C2=C/c2ccc[nH]2)cc1. The number of benzene rings is 1. The topological polar surface area (TPSA) is 69.3 Å². The molecule has 1 fully saturated rings. The van der Waals surface area contributed by atoms with Crippen LogP contribution in [0.4, 0.5) is 5.69 Å². The van der Waals surface area contributed by atoms with E-state index in [1.165, 1.54) is 5.56 Å². The molecule has 1 aromatic heterocycles. The first-order chi connectivity index (χ1) is 9.72. The van der Waals surface area contributed by atoms with Crippen LogP contribution in [0.3, 0.4) is 0 Å². The average molecular weight is 266 g/mol. The highest BCUT2D eigenvalue weighted by atomic mass is 16.2. The van der Waals surface area contributed by atoms with E-state index in [1.807, 2.05) is 49.5 Å². The maximum absolute atomic E-state index is 11.8. The van der Waals surface area contributed by atoms with E-state index in [2.05, 4.69) is 20.8 Å². The van der Waals surface area contributed by atoms with Gasteiger partial charge in [0.2, 0.25) is 0 Å². The molecule has 0 atom stereocenters. The standard InChI is InChI=1S/C15H14N4O/c1-10-4-6-11(7-5-10)17-14-13(15(20)19-18-14)9-12-3-2-8-16-12/h2-9,16H,1H3,(H,17,18)(H,19,20)/b13-9+. The van der Waals surface area contributed by atoms with E-state index < -0.39 is 0 Å². The lowest BCUT2D eigenvalue weighted by molar-refractivity contribution is -0.116. The molecule has 1 saturated heterocycles. The zero-order chi connectivity index (χ0) is 13.9. The monoisotopic (exact) mass is 266 g/mol. The Hall–Kier alpha value is -2.82. The second-order valence-corrected chi connectivity index (χ2v) is 4.56. The van der Waals surface area contributed by atoms with E-state index in [-0.39, 0.29) is 5.91 Å². The Balaban J connectivity index is 1.95. The number of aromatic amines is 1. The van der Waals surface area contributed by atoms with Crippen LogP contribution < -0.4 is 10.9 Å². The number of hydrazine groups is 1. The Kier molecular flexibility index (Phi) is 3.09. The molecule has 5 nitrogen and oxygen atoms in total. The fraction of sp³-hybridized carbons (Fsp3) is 0.0667. The first-order valence-corrected chi connectivity index (χ1v) is 6.29. The van der Waals surface area contributed by atoms with Crippen LogP contribution in [0.25, 0.3) is 6.08 Å². The first-order valence-electron chi connectivity index (χ1n) is 6.29. The van der Waals surface area contributed by atoms with Crippen LogP contribution in [0.2, 0.25) is 0 Å². The van der Waals surface area contributed by atoms with Crippen molar-refractivity contribution in [3.8, 4) is 0 Å². The van der Waals surface area contributed by atoms with E-state index >= 15 is 0 Å². The van der Waals surface area contributed by atoms with Gasteiger partial charge in [0.05, 0.1) is 11.3 Å². The third kappa shape index (κ3) is 2.47. The van der Waals surface area contributed by atoms with Crippen LogP contribution in [-0.2, 0) is 4.79 Å². The van der Waals surface area contributed by atoms with E-state index in [9.17, 15) is 4.79 Å². The molecule has 1 amide bonds. The van der Waals surface area contributed by atoms with Crippen molar-refractivity contribution >= 4 is 23.5 Å². The van der Waals surface area contributed by atoms with Gasteiger partial charge in [-0.3, -0.25) is 15.6 Å². The van der Waals surface area contributed by atoms with Gasteiger partial charge in [0.15, 0.2) is 5.84 Å². The van der Waals surface area contributed by atoms with Crippen molar-refractivity contribution in [3.05, 3.63) is 59.4 Å². The number of amidine groups is 1. The highest BCUT2D eigenvalue weighted by molar-refractivity contribution is 6.27. The van der Waals surface area contributed by atoms with Gasteiger partial charge in [0.1, 0.15) is 0 Å². The molecule has 3 rings (SSSR count). The lowest BCUT2D eigenvalue weighted by Gasteiger charge is -1.99. The second-order valence-electron chi connectivity index (χ2n) is 4.56. The summed E-state index contributed by atoms with van der Waals surface area (Å²) in [6.07, 6.45) is 3.58. The molecule has 2 aromatic rings. The summed E-state index contributed by atoms with van der Waals surface area (Å²) in [4.78, 5) is 19.3. The van der Waals surface area contributed by atoms with Gasteiger partial charge in [-0.25, -0.2) is 4.99 Å². The van der Waals surface area contributed by atoms with E-state index in [4.69, 9.17) is 0 Å². The Bertz CT molecular complexity index is 681. The Morgan fingerprint density at radius 3 is 2.60 bits per heavy atom. The number of H-pyrrole nitrogens is 1. The van der Waals surface area contributed by atoms with Gasteiger partial charge in [0.25, 0.3) is 5.91 Å². The van der Waals surface area contributed by atoms with Crippen molar-refractivity contribution in [2.24, 2.45) is 4.99 Å². The molecule has 0 aliphatic carbocycles. The highest BCUT2D eigenvalue weighted by Crippen LogP contribution is 2.16. The molecule has 0 bridgehead atoms. The van der Waals surface area contributed by atoms with Crippen LogP contribution in [-0.4, -0.2) is 16.7 Å². The summed E-state index contributed by atoms with van der Waals surface area (Å²) in [6.45, 7) is 2.02. The van der Waals surface area contributed by atoms with Gasteiger partial charge < -0.3 is 4.98 Å². The normalized spacial score (nSPS) is 18.4. The summed E-state index contributed by atoms with van der Waals surface area (Å²) >= 11 is 0. The largest absolute Gasteiger partial charge is 0.362 e. The molecule has 1 aliphatic heterocycles. The number of carbonyl (C=O) groups excluding carboxylic acids is 1. The molecule has 0 saturated carbocycles. The van der Waals surface area contributed by atoms with Crippen molar-refractivity contribution in [1.29, 1.82) is 0 Å². The molecule has 1 aliphatic rings. The number of aliphatic imine (C=N–C) groups is 1. The quantitative estimate of drug-likeness (QED) is 0.728. The zero-order valence-corrected chi connectivity index (χ0v) is 11.0. The van der Waals surface area contributed by atoms with Crippen molar-refractivity contribution in [2.45, 2.75) is 6.92 Å². The molecule has 0 radical (unpaired) electrons. The van der Waals surface area contributed by atoms with Crippen LogP contribution >= 0.6 is 0 Å². The number of amides is 1. The molecular weight excluding hydrogens is 252 g/mol. The van der Waals surface area contributed by atoms with Gasteiger partial charge >= 0.3 is 0 Å². The molecular formula is C15H14N4O. The molecule has 5 heteroatoms. The highest BCUT2D eigenvalue weighted by Gasteiger charge is 2.23. The minimum atomic E-state index is -0.189. The van der Waals surface area contributed by atoms with Crippen molar-refractivity contribution in [1.82, 2.24) is 15.8 Å². The zero-order valence-electron chi connectivity index (χ0n) is 11.0.